The van der Waals surface area contributed by atoms with Crippen LogP contribution in [0.1, 0.15) is 40.0 Å². The summed E-state index contributed by atoms with van der Waals surface area (Å²) in [7, 11) is 2.10. The van der Waals surface area contributed by atoms with Crippen molar-refractivity contribution in [2.45, 2.75) is 46.1 Å². The molecule has 0 radical (unpaired) electrons. The summed E-state index contributed by atoms with van der Waals surface area (Å²) < 4.78 is 0. The van der Waals surface area contributed by atoms with E-state index in [1.807, 2.05) is 0 Å². The molecule has 0 bridgehead atoms. The van der Waals surface area contributed by atoms with E-state index in [0.29, 0.717) is 17.9 Å². The van der Waals surface area contributed by atoms with E-state index in [-0.39, 0.29) is 0 Å². The van der Waals surface area contributed by atoms with Crippen molar-refractivity contribution in [3.63, 3.8) is 0 Å². The summed E-state index contributed by atoms with van der Waals surface area (Å²) in [5, 5.41) is 8.66. The lowest BCUT2D eigenvalue weighted by Crippen LogP contribution is -2.40. The van der Waals surface area contributed by atoms with Crippen molar-refractivity contribution < 1.29 is 0 Å². The molecule has 0 fully saturated rings. The molecule has 0 aromatic carbocycles. The van der Waals surface area contributed by atoms with Gasteiger partial charge in [-0.05, 0) is 38.0 Å². The van der Waals surface area contributed by atoms with Crippen LogP contribution < -0.4 is 0 Å². The minimum absolute atomic E-state index is 0.307. The van der Waals surface area contributed by atoms with E-state index in [9.17, 15) is 0 Å². The van der Waals surface area contributed by atoms with E-state index in [2.05, 4.69) is 51.4 Å². The molecule has 0 N–H and O–H groups in total. The molecule has 0 heterocycles. The third-order valence-corrected chi connectivity index (χ3v) is 4.23. The first kappa shape index (κ1) is 14.8. The molecule has 1 atom stereocenters. The van der Waals surface area contributed by atoms with Crippen molar-refractivity contribution in [3.05, 3.63) is 0 Å². The van der Waals surface area contributed by atoms with E-state index < -0.39 is 0 Å². The zero-order valence-electron chi connectivity index (χ0n) is 10.5. The second kappa shape index (κ2) is 7.14. The Labute approximate surface area is 100 Å². The van der Waals surface area contributed by atoms with Gasteiger partial charge >= 0.3 is 0 Å². The topological polar surface area (TPSA) is 27.0 Å². The Balaban J connectivity index is 4.35. The zero-order valence-corrected chi connectivity index (χ0v) is 11.3. The van der Waals surface area contributed by atoms with Gasteiger partial charge in [0.1, 0.15) is 0 Å². The molecule has 0 amide bonds. The van der Waals surface area contributed by atoms with Crippen LogP contribution in [0, 0.1) is 16.7 Å². The molecule has 0 aliphatic carbocycles. The third kappa shape index (κ3) is 4.44. The number of nitriles is 1. The Hall–Kier alpha value is -0.200. The van der Waals surface area contributed by atoms with Crippen LogP contribution in [0.15, 0.2) is 0 Å². The second-order valence-electron chi connectivity index (χ2n) is 4.49. The number of hydrogen-bond donors (Lipinski definition) is 1. The van der Waals surface area contributed by atoms with E-state index >= 15 is 0 Å². The van der Waals surface area contributed by atoms with Crippen LogP contribution in [0.2, 0.25) is 0 Å². The molecule has 0 saturated carbocycles. The van der Waals surface area contributed by atoms with Gasteiger partial charge < -0.3 is 4.90 Å². The van der Waals surface area contributed by atoms with Gasteiger partial charge in [-0.25, -0.2) is 0 Å². The minimum atomic E-state index is 0.307. The van der Waals surface area contributed by atoms with Crippen molar-refractivity contribution in [3.8, 4) is 6.07 Å². The summed E-state index contributed by atoms with van der Waals surface area (Å²) in [6.07, 6.45) is 2.90. The quantitative estimate of drug-likeness (QED) is 0.678. The molecule has 0 aromatic heterocycles. The van der Waals surface area contributed by atoms with Crippen LogP contribution in [0.4, 0.5) is 0 Å². The molecule has 0 saturated heterocycles. The maximum Gasteiger partial charge on any atom is 0.0638 e. The Bertz CT molecular complexity index is 198. The van der Waals surface area contributed by atoms with Crippen molar-refractivity contribution in [1.29, 1.82) is 5.26 Å². The number of nitrogens with zero attached hydrogens (tertiary/aromatic N) is 2. The predicted molar refractivity (Wildman–Crippen MR) is 69.2 cm³/mol. The minimum Gasteiger partial charge on any atom is -0.302 e. The van der Waals surface area contributed by atoms with Gasteiger partial charge in [0, 0.05) is 12.6 Å². The summed E-state index contributed by atoms with van der Waals surface area (Å²) in [4.78, 5) is 2.28. The van der Waals surface area contributed by atoms with Crippen LogP contribution in [0.3, 0.4) is 0 Å². The van der Waals surface area contributed by atoms with Gasteiger partial charge in [0.15, 0.2) is 0 Å². The molecule has 88 valence electrons. The largest absolute Gasteiger partial charge is 0.302 e. The van der Waals surface area contributed by atoms with Gasteiger partial charge in [0.05, 0.1) is 12.5 Å². The monoisotopic (exact) mass is 228 g/mol. The fraction of sp³-hybridized carbons (Fsp3) is 0.917. The molecule has 0 aliphatic heterocycles. The van der Waals surface area contributed by atoms with E-state index in [1.165, 1.54) is 0 Å². The summed E-state index contributed by atoms with van der Waals surface area (Å²) in [6.45, 7) is 7.59. The van der Waals surface area contributed by atoms with Gasteiger partial charge in [-0.1, -0.05) is 13.8 Å². The van der Waals surface area contributed by atoms with E-state index in [1.54, 1.807) is 0 Å². The molecule has 2 nitrogen and oxygen atoms in total. The van der Waals surface area contributed by atoms with E-state index in [4.69, 9.17) is 5.26 Å². The van der Waals surface area contributed by atoms with Crippen LogP contribution in [-0.2, 0) is 0 Å². The fourth-order valence-corrected chi connectivity index (χ4v) is 2.27. The van der Waals surface area contributed by atoms with Crippen molar-refractivity contribution >= 4 is 12.6 Å². The zero-order chi connectivity index (χ0) is 11.9. The Kier molecular flexibility index (Phi) is 7.04. The first-order valence-corrected chi connectivity index (χ1v) is 6.36. The Morgan fingerprint density at radius 1 is 1.40 bits per heavy atom. The molecule has 0 spiro atoms. The lowest BCUT2D eigenvalue weighted by atomic mass is 9.83. The number of hydrogen-bond acceptors (Lipinski definition) is 3. The number of rotatable bonds is 7. The fourth-order valence-electron chi connectivity index (χ4n) is 1.72. The first-order chi connectivity index (χ1) is 7.05. The normalized spacial score (nSPS) is 13.9. The maximum atomic E-state index is 8.66. The average Bonchev–Trinajstić information content (AvgIpc) is 2.26. The standard InChI is InChI=1S/C12H24N2S/c1-5-12(6-2,10-15)9-14(4)11(3)7-8-13/h11,15H,5-7,9-10H2,1-4H3. The maximum absolute atomic E-state index is 8.66. The summed E-state index contributed by atoms with van der Waals surface area (Å²) in [5.74, 6) is 0.920. The van der Waals surface area contributed by atoms with Crippen LogP contribution in [0.5, 0.6) is 0 Å². The smallest absolute Gasteiger partial charge is 0.0638 e. The number of thiol groups is 1. The third-order valence-electron chi connectivity index (χ3n) is 3.56. The second-order valence-corrected chi connectivity index (χ2v) is 4.81. The van der Waals surface area contributed by atoms with Crippen LogP contribution >= 0.6 is 12.6 Å². The molecule has 15 heavy (non-hydrogen) atoms. The Morgan fingerprint density at radius 3 is 2.27 bits per heavy atom. The molecular weight excluding hydrogens is 204 g/mol. The lowest BCUT2D eigenvalue weighted by Gasteiger charge is -2.36. The van der Waals surface area contributed by atoms with Crippen molar-refractivity contribution in [2.75, 3.05) is 19.3 Å². The molecule has 0 aromatic rings. The van der Waals surface area contributed by atoms with Crippen molar-refractivity contribution in [2.24, 2.45) is 5.41 Å². The summed E-state index contributed by atoms with van der Waals surface area (Å²) in [5.41, 5.74) is 0.307. The Morgan fingerprint density at radius 2 is 1.93 bits per heavy atom. The summed E-state index contributed by atoms with van der Waals surface area (Å²) in [6, 6.07) is 2.57. The van der Waals surface area contributed by atoms with E-state index in [0.717, 1.165) is 25.1 Å². The molecule has 3 heteroatoms. The van der Waals surface area contributed by atoms with Crippen LogP contribution in [-0.4, -0.2) is 30.3 Å². The molecule has 0 rings (SSSR count). The highest BCUT2D eigenvalue weighted by Gasteiger charge is 2.27. The highest BCUT2D eigenvalue weighted by atomic mass is 32.1. The highest BCUT2D eigenvalue weighted by Crippen LogP contribution is 2.29. The van der Waals surface area contributed by atoms with Gasteiger partial charge in [0.25, 0.3) is 0 Å². The molecular formula is C12H24N2S. The van der Waals surface area contributed by atoms with Gasteiger partial charge in [-0.3, -0.25) is 0 Å². The van der Waals surface area contributed by atoms with Gasteiger partial charge in [-0.2, -0.15) is 17.9 Å². The highest BCUT2D eigenvalue weighted by molar-refractivity contribution is 7.80. The van der Waals surface area contributed by atoms with Crippen molar-refractivity contribution in [1.82, 2.24) is 4.90 Å². The molecule has 0 aliphatic rings. The summed E-state index contributed by atoms with van der Waals surface area (Å²) >= 11 is 4.46. The lowest BCUT2D eigenvalue weighted by molar-refractivity contribution is 0.151. The average molecular weight is 228 g/mol. The van der Waals surface area contributed by atoms with Gasteiger partial charge in [-0.15, -0.1) is 0 Å². The van der Waals surface area contributed by atoms with Crippen LogP contribution in [0.25, 0.3) is 0 Å². The molecule has 1 unspecified atom stereocenters. The predicted octanol–water partition coefficient (Wildman–Crippen LogP) is 2.96. The first-order valence-electron chi connectivity index (χ1n) is 5.73. The van der Waals surface area contributed by atoms with Gasteiger partial charge in [0.2, 0.25) is 0 Å². The SMILES string of the molecule is CCC(CC)(CS)CN(C)C(C)CC#N.